The van der Waals surface area contributed by atoms with E-state index >= 15 is 0 Å². The van der Waals surface area contributed by atoms with Crippen molar-refractivity contribution in [3.8, 4) is 0 Å². The average molecular weight is 280 g/mol. The van der Waals surface area contributed by atoms with Gasteiger partial charge >= 0.3 is 0 Å². The SMILES string of the molecule is Cn1ncc(N)c1NC(=O)Cc1cccc2ccccc12. The maximum atomic E-state index is 12.2. The molecule has 1 aromatic heterocycles. The number of nitrogens with two attached hydrogens (primary N) is 1. The Morgan fingerprint density at radius 2 is 2.00 bits per heavy atom. The lowest BCUT2D eigenvalue weighted by molar-refractivity contribution is -0.115. The summed E-state index contributed by atoms with van der Waals surface area (Å²) in [7, 11) is 1.74. The molecule has 0 saturated carbocycles. The molecule has 2 aromatic carbocycles. The Balaban J connectivity index is 1.84. The second-order valence-electron chi connectivity index (χ2n) is 4.94. The first-order chi connectivity index (χ1) is 10.1. The maximum Gasteiger partial charge on any atom is 0.230 e. The summed E-state index contributed by atoms with van der Waals surface area (Å²) in [6.07, 6.45) is 1.82. The minimum absolute atomic E-state index is 0.110. The molecule has 0 radical (unpaired) electrons. The van der Waals surface area contributed by atoms with E-state index < -0.39 is 0 Å². The number of aryl methyl sites for hydroxylation is 1. The van der Waals surface area contributed by atoms with Crippen LogP contribution in [0.3, 0.4) is 0 Å². The molecule has 0 saturated heterocycles. The molecule has 3 rings (SSSR count). The van der Waals surface area contributed by atoms with Crippen molar-refractivity contribution in [2.24, 2.45) is 7.05 Å². The van der Waals surface area contributed by atoms with Gasteiger partial charge in [-0.25, -0.2) is 0 Å². The number of aromatic nitrogens is 2. The number of amides is 1. The van der Waals surface area contributed by atoms with Gasteiger partial charge in [0.25, 0.3) is 0 Å². The molecule has 0 unspecified atom stereocenters. The van der Waals surface area contributed by atoms with Crippen LogP contribution in [0.15, 0.2) is 48.7 Å². The standard InChI is InChI=1S/C16H16N4O/c1-20-16(14(17)10-18-20)19-15(21)9-12-7-4-6-11-5-2-3-8-13(11)12/h2-8,10H,9,17H2,1H3,(H,19,21). The molecule has 0 spiro atoms. The van der Waals surface area contributed by atoms with Crippen molar-refractivity contribution < 1.29 is 4.79 Å². The summed E-state index contributed by atoms with van der Waals surface area (Å²) in [5.74, 6) is 0.418. The molecule has 106 valence electrons. The Hall–Kier alpha value is -2.82. The normalized spacial score (nSPS) is 10.7. The fourth-order valence-corrected chi connectivity index (χ4v) is 2.40. The van der Waals surface area contributed by atoms with Crippen LogP contribution in [0.25, 0.3) is 10.8 Å². The van der Waals surface area contributed by atoms with E-state index in [2.05, 4.69) is 10.4 Å². The van der Waals surface area contributed by atoms with E-state index in [4.69, 9.17) is 5.73 Å². The fraction of sp³-hybridized carbons (Fsp3) is 0.125. The smallest absolute Gasteiger partial charge is 0.230 e. The van der Waals surface area contributed by atoms with Gasteiger partial charge in [-0.1, -0.05) is 42.5 Å². The van der Waals surface area contributed by atoms with Crippen molar-refractivity contribution in [3.05, 3.63) is 54.2 Å². The van der Waals surface area contributed by atoms with Crippen LogP contribution in [0.5, 0.6) is 0 Å². The van der Waals surface area contributed by atoms with Crippen LogP contribution in [0.1, 0.15) is 5.56 Å². The Labute approximate surface area is 122 Å². The molecule has 0 fully saturated rings. The summed E-state index contributed by atoms with van der Waals surface area (Å²) in [6, 6.07) is 14.0. The lowest BCUT2D eigenvalue weighted by atomic mass is 10.0. The third kappa shape index (κ3) is 2.58. The monoisotopic (exact) mass is 280 g/mol. The highest BCUT2D eigenvalue weighted by Crippen LogP contribution is 2.20. The number of fused-ring (bicyclic) bond motifs is 1. The summed E-state index contributed by atoms with van der Waals surface area (Å²) in [6.45, 7) is 0. The molecule has 0 aliphatic heterocycles. The van der Waals surface area contributed by atoms with Crippen molar-refractivity contribution in [1.29, 1.82) is 0 Å². The highest BCUT2D eigenvalue weighted by atomic mass is 16.1. The molecule has 1 amide bonds. The van der Waals surface area contributed by atoms with Gasteiger partial charge in [-0.3, -0.25) is 9.48 Å². The lowest BCUT2D eigenvalue weighted by Crippen LogP contribution is -2.17. The first-order valence-electron chi connectivity index (χ1n) is 6.69. The van der Waals surface area contributed by atoms with Crippen LogP contribution in [-0.4, -0.2) is 15.7 Å². The molecule has 1 heterocycles. The van der Waals surface area contributed by atoms with Crippen molar-refractivity contribution >= 4 is 28.2 Å². The van der Waals surface area contributed by atoms with Crippen molar-refractivity contribution in [2.45, 2.75) is 6.42 Å². The summed E-state index contributed by atoms with van der Waals surface area (Å²) >= 11 is 0. The van der Waals surface area contributed by atoms with Crippen LogP contribution >= 0.6 is 0 Å². The molecule has 3 aromatic rings. The van der Waals surface area contributed by atoms with Gasteiger partial charge in [0.05, 0.1) is 18.3 Å². The summed E-state index contributed by atoms with van der Waals surface area (Å²) in [4.78, 5) is 12.2. The van der Waals surface area contributed by atoms with Gasteiger partial charge in [0.2, 0.25) is 5.91 Å². The zero-order chi connectivity index (χ0) is 14.8. The highest BCUT2D eigenvalue weighted by molar-refractivity contribution is 5.97. The molecular weight excluding hydrogens is 264 g/mol. The third-order valence-electron chi connectivity index (χ3n) is 3.46. The summed E-state index contributed by atoms with van der Waals surface area (Å²) in [5, 5.41) is 9.03. The highest BCUT2D eigenvalue weighted by Gasteiger charge is 2.11. The first kappa shape index (κ1) is 13.2. The van der Waals surface area contributed by atoms with Crippen LogP contribution in [0, 0.1) is 0 Å². The van der Waals surface area contributed by atoms with Gasteiger partial charge in [-0.05, 0) is 16.3 Å². The second-order valence-corrected chi connectivity index (χ2v) is 4.94. The van der Waals surface area contributed by atoms with Crippen molar-refractivity contribution in [3.63, 3.8) is 0 Å². The Kier molecular flexibility index (Phi) is 3.31. The number of carbonyl (C=O) groups is 1. The van der Waals surface area contributed by atoms with Gasteiger partial charge in [0, 0.05) is 7.05 Å². The van der Waals surface area contributed by atoms with Crippen LogP contribution in [-0.2, 0) is 18.3 Å². The minimum Gasteiger partial charge on any atom is -0.394 e. The van der Waals surface area contributed by atoms with E-state index in [9.17, 15) is 4.79 Å². The number of nitrogens with zero attached hydrogens (tertiary/aromatic N) is 2. The second kappa shape index (κ2) is 5.28. The van der Waals surface area contributed by atoms with Crippen molar-refractivity contribution in [1.82, 2.24) is 9.78 Å². The van der Waals surface area contributed by atoms with Crippen LogP contribution in [0.2, 0.25) is 0 Å². The number of nitrogen functional groups attached to an aromatic ring is 1. The van der Waals surface area contributed by atoms with E-state index in [1.54, 1.807) is 11.7 Å². The lowest BCUT2D eigenvalue weighted by Gasteiger charge is -2.08. The summed E-state index contributed by atoms with van der Waals surface area (Å²) < 4.78 is 1.55. The molecular formula is C16H16N4O. The quantitative estimate of drug-likeness (QED) is 0.773. The molecule has 3 N–H and O–H groups in total. The minimum atomic E-state index is -0.110. The maximum absolute atomic E-state index is 12.2. The van der Waals surface area contributed by atoms with E-state index in [1.807, 2.05) is 42.5 Å². The third-order valence-corrected chi connectivity index (χ3v) is 3.46. The first-order valence-corrected chi connectivity index (χ1v) is 6.69. The van der Waals surface area contributed by atoms with Gasteiger partial charge in [-0.15, -0.1) is 0 Å². The fourth-order valence-electron chi connectivity index (χ4n) is 2.40. The zero-order valence-electron chi connectivity index (χ0n) is 11.7. The van der Waals surface area contributed by atoms with Crippen LogP contribution in [0.4, 0.5) is 11.5 Å². The van der Waals surface area contributed by atoms with E-state index in [-0.39, 0.29) is 5.91 Å². The number of benzene rings is 2. The number of rotatable bonds is 3. The molecule has 0 atom stereocenters. The molecule has 0 aliphatic rings. The van der Waals surface area contributed by atoms with Gasteiger partial charge in [-0.2, -0.15) is 5.10 Å². The predicted octanol–water partition coefficient (Wildman–Crippen LogP) is 2.34. The number of anilines is 2. The number of hydrogen-bond acceptors (Lipinski definition) is 3. The van der Waals surface area contributed by atoms with E-state index in [0.717, 1.165) is 16.3 Å². The Bertz CT molecular complexity index is 782. The van der Waals surface area contributed by atoms with Crippen LogP contribution < -0.4 is 11.1 Å². The predicted molar refractivity (Wildman–Crippen MR) is 83.9 cm³/mol. The topological polar surface area (TPSA) is 72.9 Å². The van der Waals surface area contributed by atoms with E-state index in [0.29, 0.717) is 17.9 Å². The van der Waals surface area contributed by atoms with Gasteiger partial charge in [0.15, 0.2) is 5.82 Å². The average Bonchev–Trinajstić information content (AvgIpc) is 2.79. The molecule has 0 aliphatic carbocycles. The Morgan fingerprint density at radius 3 is 2.76 bits per heavy atom. The zero-order valence-corrected chi connectivity index (χ0v) is 11.7. The van der Waals surface area contributed by atoms with E-state index in [1.165, 1.54) is 6.20 Å². The van der Waals surface area contributed by atoms with Crippen molar-refractivity contribution in [2.75, 3.05) is 11.1 Å². The molecule has 0 bridgehead atoms. The molecule has 5 heteroatoms. The Morgan fingerprint density at radius 1 is 1.24 bits per heavy atom. The number of carbonyl (C=O) groups excluding carboxylic acids is 1. The number of hydrogen-bond donors (Lipinski definition) is 2. The molecule has 21 heavy (non-hydrogen) atoms. The molecule has 5 nitrogen and oxygen atoms in total. The largest absolute Gasteiger partial charge is 0.394 e. The summed E-state index contributed by atoms with van der Waals surface area (Å²) in [5.41, 5.74) is 7.23. The number of nitrogens with one attached hydrogen (secondary N) is 1. The van der Waals surface area contributed by atoms with Gasteiger partial charge in [0.1, 0.15) is 0 Å². The van der Waals surface area contributed by atoms with Gasteiger partial charge < -0.3 is 11.1 Å².